The standard InChI is InChI=1S/C13H18N4O4/c1-20-13(19)10-8-16-11(9-15-10)14-3-2-12(18)17-4-6-21-7-5-17/h8-9H,2-7H2,1H3,(H,14,16). The number of amides is 1. The number of morpholine rings is 1. The average Bonchev–Trinajstić information content (AvgIpc) is 2.55. The van der Waals surface area contributed by atoms with Crippen LogP contribution in [0.15, 0.2) is 12.4 Å². The van der Waals surface area contributed by atoms with E-state index in [0.29, 0.717) is 45.1 Å². The Balaban J connectivity index is 1.75. The van der Waals surface area contributed by atoms with E-state index in [4.69, 9.17) is 4.74 Å². The van der Waals surface area contributed by atoms with Crippen molar-refractivity contribution < 1.29 is 19.1 Å². The molecule has 1 aliphatic rings. The van der Waals surface area contributed by atoms with E-state index in [9.17, 15) is 9.59 Å². The minimum absolute atomic E-state index is 0.0879. The van der Waals surface area contributed by atoms with Crippen molar-refractivity contribution in [2.24, 2.45) is 0 Å². The summed E-state index contributed by atoms with van der Waals surface area (Å²) in [5, 5.41) is 2.99. The number of nitrogens with one attached hydrogen (secondary N) is 1. The molecular weight excluding hydrogens is 276 g/mol. The van der Waals surface area contributed by atoms with Crippen molar-refractivity contribution in [1.82, 2.24) is 14.9 Å². The molecule has 0 spiro atoms. The van der Waals surface area contributed by atoms with Gasteiger partial charge in [0.25, 0.3) is 0 Å². The van der Waals surface area contributed by atoms with Gasteiger partial charge in [-0.1, -0.05) is 0 Å². The Morgan fingerprint density at radius 1 is 1.33 bits per heavy atom. The maximum atomic E-state index is 11.9. The van der Waals surface area contributed by atoms with E-state index in [2.05, 4.69) is 20.0 Å². The van der Waals surface area contributed by atoms with Gasteiger partial charge in [-0.15, -0.1) is 0 Å². The van der Waals surface area contributed by atoms with Crippen LogP contribution in [0.3, 0.4) is 0 Å². The molecule has 0 bridgehead atoms. The number of anilines is 1. The van der Waals surface area contributed by atoms with Gasteiger partial charge in [0.05, 0.1) is 32.7 Å². The normalized spacial score (nSPS) is 14.6. The number of rotatable bonds is 5. The second-order valence-electron chi connectivity index (χ2n) is 4.45. The summed E-state index contributed by atoms with van der Waals surface area (Å²) in [6.45, 7) is 2.95. The van der Waals surface area contributed by atoms with Crippen molar-refractivity contribution in [1.29, 1.82) is 0 Å². The molecular formula is C13H18N4O4. The summed E-state index contributed by atoms with van der Waals surface area (Å²) in [6.07, 6.45) is 3.14. The number of ether oxygens (including phenoxy) is 2. The molecule has 1 fully saturated rings. The van der Waals surface area contributed by atoms with Gasteiger partial charge in [-0.25, -0.2) is 14.8 Å². The first kappa shape index (κ1) is 15.2. The Morgan fingerprint density at radius 3 is 2.71 bits per heavy atom. The fraction of sp³-hybridized carbons (Fsp3) is 0.538. The van der Waals surface area contributed by atoms with E-state index >= 15 is 0 Å². The summed E-state index contributed by atoms with van der Waals surface area (Å²) in [6, 6.07) is 0. The molecule has 114 valence electrons. The molecule has 0 saturated carbocycles. The maximum absolute atomic E-state index is 11.9. The second-order valence-corrected chi connectivity index (χ2v) is 4.45. The highest BCUT2D eigenvalue weighted by Crippen LogP contribution is 2.04. The zero-order valence-corrected chi connectivity index (χ0v) is 11.9. The van der Waals surface area contributed by atoms with Gasteiger partial charge in [0.1, 0.15) is 5.82 Å². The fourth-order valence-electron chi connectivity index (χ4n) is 1.90. The SMILES string of the molecule is COC(=O)c1cnc(NCCC(=O)N2CCOCC2)cn1. The molecule has 8 nitrogen and oxygen atoms in total. The highest BCUT2D eigenvalue weighted by Gasteiger charge is 2.16. The minimum atomic E-state index is -0.531. The van der Waals surface area contributed by atoms with Crippen molar-refractivity contribution >= 4 is 17.7 Å². The van der Waals surface area contributed by atoms with Crippen molar-refractivity contribution in [2.45, 2.75) is 6.42 Å². The van der Waals surface area contributed by atoms with E-state index in [1.165, 1.54) is 19.5 Å². The molecule has 0 aliphatic carbocycles. The van der Waals surface area contributed by atoms with Gasteiger partial charge >= 0.3 is 5.97 Å². The lowest BCUT2D eigenvalue weighted by Gasteiger charge is -2.26. The maximum Gasteiger partial charge on any atom is 0.358 e. The average molecular weight is 294 g/mol. The topological polar surface area (TPSA) is 93.6 Å². The van der Waals surface area contributed by atoms with E-state index in [0.717, 1.165) is 0 Å². The van der Waals surface area contributed by atoms with Gasteiger partial charge in [0.15, 0.2) is 5.69 Å². The van der Waals surface area contributed by atoms with Crippen LogP contribution in [0.5, 0.6) is 0 Å². The lowest BCUT2D eigenvalue weighted by atomic mass is 10.3. The summed E-state index contributed by atoms with van der Waals surface area (Å²) in [4.78, 5) is 32.9. The van der Waals surface area contributed by atoms with Crippen molar-refractivity contribution in [3.8, 4) is 0 Å². The quantitative estimate of drug-likeness (QED) is 0.759. The summed E-state index contributed by atoms with van der Waals surface area (Å²) in [5.74, 6) is 0.0684. The summed E-state index contributed by atoms with van der Waals surface area (Å²) in [5.41, 5.74) is 0.146. The van der Waals surface area contributed by atoms with Gasteiger partial charge < -0.3 is 19.7 Å². The number of hydrogen-bond donors (Lipinski definition) is 1. The molecule has 0 atom stereocenters. The Bertz CT molecular complexity index is 485. The van der Waals surface area contributed by atoms with Gasteiger partial charge in [-0.3, -0.25) is 4.79 Å². The number of aromatic nitrogens is 2. The lowest BCUT2D eigenvalue weighted by molar-refractivity contribution is -0.134. The van der Waals surface area contributed by atoms with Crippen LogP contribution in [0.2, 0.25) is 0 Å². The molecule has 2 rings (SSSR count). The number of nitrogens with zero attached hydrogens (tertiary/aromatic N) is 3. The smallest absolute Gasteiger partial charge is 0.358 e. The predicted molar refractivity (Wildman–Crippen MR) is 73.9 cm³/mol. The molecule has 1 amide bonds. The molecule has 0 unspecified atom stereocenters. The van der Waals surface area contributed by atoms with Crippen LogP contribution in [-0.4, -0.2) is 66.7 Å². The summed E-state index contributed by atoms with van der Waals surface area (Å²) >= 11 is 0. The van der Waals surface area contributed by atoms with Crippen molar-refractivity contribution in [3.05, 3.63) is 18.1 Å². The van der Waals surface area contributed by atoms with Crippen LogP contribution in [0.25, 0.3) is 0 Å². The van der Waals surface area contributed by atoms with Crippen LogP contribution in [-0.2, 0) is 14.3 Å². The van der Waals surface area contributed by atoms with Gasteiger partial charge in [0, 0.05) is 26.1 Å². The predicted octanol–water partition coefficient (Wildman–Crippen LogP) is -0.0760. The van der Waals surface area contributed by atoms with Crippen molar-refractivity contribution in [2.75, 3.05) is 45.3 Å². The molecule has 0 aromatic carbocycles. The minimum Gasteiger partial charge on any atom is -0.464 e. The number of esters is 1. The van der Waals surface area contributed by atoms with Crippen LogP contribution < -0.4 is 5.32 Å². The Labute approximate surface area is 122 Å². The van der Waals surface area contributed by atoms with Crippen LogP contribution >= 0.6 is 0 Å². The third kappa shape index (κ3) is 4.38. The zero-order valence-electron chi connectivity index (χ0n) is 11.9. The van der Waals surface area contributed by atoms with E-state index in [1.54, 1.807) is 4.90 Å². The molecule has 1 aromatic rings. The van der Waals surface area contributed by atoms with Crippen LogP contribution in [0.4, 0.5) is 5.82 Å². The number of carbonyl (C=O) groups excluding carboxylic acids is 2. The summed E-state index contributed by atoms with van der Waals surface area (Å²) < 4.78 is 9.73. The first-order valence-electron chi connectivity index (χ1n) is 6.70. The highest BCUT2D eigenvalue weighted by atomic mass is 16.5. The molecule has 1 aromatic heterocycles. The largest absolute Gasteiger partial charge is 0.464 e. The number of methoxy groups -OCH3 is 1. The fourth-order valence-corrected chi connectivity index (χ4v) is 1.90. The van der Waals surface area contributed by atoms with E-state index in [1.807, 2.05) is 0 Å². The summed E-state index contributed by atoms with van der Waals surface area (Å²) in [7, 11) is 1.29. The third-order valence-electron chi connectivity index (χ3n) is 3.06. The van der Waals surface area contributed by atoms with Crippen LogP contribution in [0, 0.1) is 0 Å². The van der Waals surface area contributed by atoms with Gasteiger partial charge in [0.2, 0.25) is 5.91 Å². The Hall–Kier alpha value is -2.22. The number of carbonyl (C=O) groups is 2. The first-order chi connectivity index (χ1) is 10.2. The van der Waals surface area contributed by atoms with E-state index in [-0.39, 0.29) is 11.6 Å². The third-order valence-corrected chi connectivity index (χ3v) is 3.06. The Morgan fingerprint density at radius 2 is 2.10 bits per heavy atom. The Kier molecular flexibility index (Phi) is 5.44. The monoisotopic (exact) mass is 294 g/mol. The lowest BCUT2D eigenvalue weighted by Crippen LogP contribution is -2.41. The van der Waals surface area contributed by atoms with Crippen molar-refractivity contribution in [3.63, 3.8) is 0 Å². The van der Waals surface area contributed by atoms with Gasteiger partial charge in [-0.05, 0) is 0 Å². The number of hydrogen-bond acceptors (Lipinski definition) is 7. The second kappa shape index (κ2) is 7.53. The van der Waals surface area contributed by atoms with Crippen LogP contribution in [0.1, 0.15) is 16.9 Å². The zero-order chi connectivity index (χ0) is 15.1. The van der Waals surface area contributed by atoms with E-state index < -0.39 is 5.97 Å². The molecule has 21 heavy (non-hydrogen) atoms. The molecule has 1 saturated heterocycles. The van der Waals surface area contributed by atoms with Gasteiger partial charge in [-0.2, -0.15) is 0 Å². The first-order valence-corrected chi connectivity index (χ1v) is 6.70. The molecule has 2 heterocycles. The molecule has 1 aliphatic heterocycles. The molecule has 1 N–H and O–H groups in total. The molecule has 0 radical (unpaired) electrons. The highest BCUT2D eigenvalue weighted by molar-refractivity contribution is 5.86. The molecule has 8 heteroatoms.